The molecule has 4 N–H and O–H groups in total. The van der Waals surface area contributed by atoms with E-state index in [-0.39, 0.29) is 10.8 Å². The van der Waals surface area contributed by atoms with Crippen LogP contribution in [0.4, 0.5) is 14.6 Å². The molecule has 1 aromatic heterocycles. The van der Waals surface area contributed by atoms with E-state index >= 15 is 0 Å². The van der Waals surface area contributed by atoms with E-state index in [0.717, 1.165) is 10.8 Å². The maximum absolute atomic E-state index is 13.0. The minimum Gasteiger partial charge on any atom is -0.393 e. The average molecular weight is 312 g/mol. The lowest BCUT2D eigenvalue weighted by atomic mass is 10.0. The first-order chi connectivity index (χ1) is 9.30. The SMILES string of the molecule is Nc1nc(=O)n(C2OC(CO)(C(F)F)CC2O)cc1Cl. The van der Waals surface area contributed by atoms with E-state index in [1.807, 2.05) is 0 Å². The minimum absolute atomic E-state index is 0.0843. The summed E-state index contributed by atoms with van der Waals surface area (Å²) in [6.07, 6.45) is -5.36. The van der Waals surface area contributed by atoms with Crippen LogP contribution in [0.25, 0.3) is 0 Å². The number of aliphatic hydroxyl groups excluding tert-OH is 2. The standard InChI is InChI=1S/C10H12ClF2N3O4/c11-4-2-16(9(19)15-6(4)14)7-5(18)1-10(3-17,20-7)8(12)13/h2,5,7-8,17-18H,1,3H2,(H2,14,15,19). The molecule has 7 nitrogen and oxygen atoms in total. The molecule has 0 amide bonds. The summed E-state index contributed by atoms with van der Waals surface area (Å²) in [5, 5.41) is 18.8. The van der Waals surface area contributed by atoms with Gasteiger partial charge in [-0.05, 0) is 0 Å². The topological polar surface area (TPSA) is 111 Å². The molecule has 1 aromatic rings. The van der Waals surface area contributed by atoms with E-state index in [0.29, 0.717) is 0 Å². The molecule has 20 heavy (non-hydrogen) atoms. The third-order valence-corrected chi connectivity index (χ3v) is 3.40. The lowest BCUT2D eigenvalue weighted by Crippen LogP contribution is -2.41. The maximum atomic E-state index is 13.0. The summed E-state index contributed by atoms with van der Waals surface area (Å²) in [4.78, 5) is 15.0. The Kier molecular flexibility index (Phi) is 3.96. The van der Waals surface area contributed by atoms with E-state index in [9.17, 15) is 18.7 Å². The summed E-state index contributed by atoms with van der Waals surface area (Å²) in [6.45, 7) is -0.997. The maximum Gasteiger partial charge on any atom is 0.351 e. The fraction of sp³-hybridized carbons (Fsp3) is 0.600. The molecule has 3 unspecified atom stereocenters. The zero-order valence-electron chi connectivity index (χ0n) is 10.0. The number of alkyl halides is 2. The predicted octanol–water partition coefficient (Wildman–Crippen LogP) is -0.245. The molecule has 1 aliphatic heterocycles. The van der Waals surface area contributed by atoms with Gasteiger partial charge >= 0.3 is 5.69 Å². The van der Waals surface area contributed by atoms with Crippen LogP contribution in [0.1, 0.15) is 12.6 Å². The van der Waals surface area contributed by atoms with Crippen LogP contribution in [0.2, 0.25) is 5.02 Å². The second-order valence-electron chi connectivity index (χ2n) is 4.47. The molecule has 0 spiro atoms. The molecule has 0 bridgehead atoms. The second kappa shape index (κ2) is 5.24. The van der Waals surface area contributed by atoms with Crippen LogP contribution < -0.4 is 11.4 Å². The smallest absolute Gasteiger partial charge is 0.351 e. The van der Waals surface area contributed by atoms with Gasteiger partial charge in [-0.2, -0.15) is 4.98 Å². The van der Waals surface area contributed by atoms with Gasteiger partial charge in [0.25, 0.3) is 6.43 Å². The van der Waals surface area contributed by atoms with Crippen molar-refractivity contribution in [3.63, 3.8) is 0 Å². The Morgan fingerprint density at radius 1 is 1.70 bits per heavy atom. The molecule has 3 atom stereocenters. The van der Waals surface area contributed by atoms with Gasteiger partial charge in [-0.3, -0.25) is 4.57 Å². The first-order valence-corrected chi connectivity index (χ1v) is 5.97. The summed E-state index contributed by atoms with van der Waals surface area (Å²) in [5.41, 5.74) is 2.20. The Morgan fingerprint density at radius 2 is 2.35 bits per heavy atom. The van der Waals surface area contributed by atoms with Crippen molar-refractivity contribution in [1.82, 2.24) is 9.55 Å². The third kappa shape index (κ3) is 2.37. The van der Waals surface area contributed by atoms with Gasteiger partial charge in [0.2, 0.25) is 0 Å². The second-order valence-corrected chi connectivity index (χ2v) is 4.87. The first kappa shape index (κ1) is 15.1. The number of hydrogen-bond acceptors (Lipinski definition) is 6. The van der Waals surface area contributed by atoms with Crippen LogP contribution in [0, 0.1) is 0 Å². The number of ether oxygens (including phenoxy) is 1. The average Bonchev–Trinajstić information content (AvgIpc) is 2.72. The van der Waals surface area contributed by atoms with E-state index in [1.165, 1.54) is 0 Å². The number of hydrogen-bond donors (Lipinski definition) is 3. The molecule has 2 rings (SSSR count). The highest BCUT2D eigenvalue weighted by molar-refractivity contribution is 6.32. The van der Waals surface area contributed by atoms with Gasteiger partial charge in [-0.25, -0.2) is 13.6 Å². The van der Waals surface area contributed by atoms with Crippen LogP contribution in [0.5, 0.6) is 0 Å². The number of aliphatic hydroxyl groups is 2. The number of nitrogen functional groups attached to an aromatic ring is 1. The minimum atomic E-state index is -3.03. The monoisotopic (exact) mass is 311 g/mol. The van der Waals surface area contributed by atoms with Crippen LogP contribution >= 0.6 is 11.6 Å². The largest absolute Gasteiger partial charge is 0.393 e. The van der Waals surface area contributed by atoms with Crippen molar-refractivity contribution in [1.29, 1.82) is 0 Å². The van der Waals surface area contributed by atoms with E-state index in [4.69, 9.17) is 27.2 Å². The molecule has 112 valence electrons. The number of aromatic nitrogens is 2. The summed E-state index contributed by atoms with van der Waals surface area (Å²) >= 11 is 5.70. The highest BCUT2D eigenvalue weighted by atomic mass is 35.5. The van der Waals surface area contributed by atoms with Crippen molar-refractivity contribution in [3.05, 3.63) is 21.7 Å². The Morgan fingerprint density at radius 3 is 2.85 bits per heavy atom. The summed E-state index contributed by atoms with van der Waals surface area (Å²) in [6, 6.07) is 0. The molecule has 10 heteroatoms. The molecule has 0 saturated carbocycles. The highest BCUT2D eigenvalue weighted by Gasteiger charge is 2.53. The molecule has 1 aliphatic rings. The van der Waals surface area contributed by atoms with Crippen LogP contribution in [0.15, 0.2) is 11.0 Å². The highest BCUT2D eigenvalue weighted by Crippen LogP contribution is 2.40. The zero-order chi connectivity index (χ0) is 15.1. The van der Waals surface area contributed by atoms with E-state index in [1.54, 1.807) is 0 Å². The quantitative estimate of drug-likeness (QED) is 0.710. The van der Waals surface area contributed by atoms with Gasteiger partial charge in [-0.15, -0.1) is 0 Å². The van der Waals surface area contributed by atoms with Crippen molar-refractivity contribution in [2.75, 3.05) is 12.3 Å². The van der Waals surface area contributed by atoms with Crippen molar-refractivity contribution < 1.29 is 23.7 Å². The van der Waals surface area contributed by atoms with Crippen molar-refractivity contribution in [3.8, 4) is 0 Å². The summed E-state index contributed by atoms with van der Waals surface area (Å²) in [5.74, 6) is -0.220. The van der Waals surface area contributed by atoms with Gasteiger partial charge in [0, 0.05) is 12.6 Å². The lowest BCUT2D eigenvalue weighted by Gasteiger charge is -2.26. The van der Waals surface area contributed by atoms with Gasteiger partial charge in [0.15, 0.2) is 11.8 Å². The Labute approximate surface area is 116 Å². The van der Waals surface area contributed by atoms with Gasteiger partial charge in [0.05, 0.1) is 11.6 Å². The van der Waals surface area contributed by atoms with Gasteiger partial charge < -0.3 is 20.7 Å². The number of nitrogens with zero attached hydrogens (tertiary/aromatic N) is 2. The van der Waals surface area contributed by atoms with E-state index < -0.39 is 43.1 Å². The zero-order valence-corrected chi connectivity index (χ0v) is 10.8. The van der Waals surface area contributed by atoms with Crippen molar-refractivity contribution in [2.45, 2.75) is 30.8 Å². The Hall–Kier alpha value is -1.29. The predicted molar refractivity (Wildman–Crippen MR) is 64.5 cm³/mol. The number of nitrogens with two attached hydrogens (primary N) is 1. The Balaban J connectivity index is 2.40. The normalized spacial score (nSPS) is 30.1. The number of halogens is 3. The third-order valence-electron chi connectivity index (χ3n) is 3.11. The summed E-state index contributed by atoms with van der Waals surface area (Å²) in [7, 11) is 0. The van der Waals surface area contributed by atoms with Crippen LogP contribution in [-0.4, -0.2) is 44.5 Å². The summed E-state index contributed by atoms with van der Waals surface area (Å²) < 4.78 is 31.7. The molecule has 2 heterocycles. The molecule has 0 aromatic carbocycles. The molecule has 0 radical (unpaired) electrons. The van der Waals surface area contributed by atoms with Crippen LogP contribution in [0.3, 0.4) is 0 Å². The van der Waals surface area contributed by atoms with Crippen molar-refractivity contribution in [2.24, 2.45) is 0 Å². The lowest BCUT2D eigenvalue weighted by molar-refractivity contribution is -0.173. The number of anilines is 1. The molecule has 1 fully saturated rings. The van der Waals surface area contributed by atoms with Crippen molar-refractivity contribution >= 4 is 17.4 Å². The van der Waals surface area contributed by atoms with Crippen LogP contribution in [-0.2, 0) is 4.74 Å². The number of rotatable bonds is 3. The molecule has 0 aliphatic carbocycles. The van der Waals surface area contributed by atoms with Gasteiger partial charge in [-0.1, -0.05) is 11.6 Å². The fourth-order valence-corrected chi connectivity index (χ4v) is 2.16. The fourth-order valence-electron chi connectivity index (χ4n) is 2.02. The first-order valence-electron chi connectivity index (χ1n) is 5.60. The molecule has 1 saturated heterocycles. The molecular formula is C10H12ClF2N3O4. The molecular weight excluding hydrogens is 300 g/mol. The Bertz CT molecular complexity index is 570. The van der Waals surface area contributed by atoms with Gasteiger partial charge in [0.1, 0.15) is 11.9 Å². The van der Waals surface area contributed by atoms with E-state index in [2.05, 4.69) is 4.98 Å².